The predicted octanol–water partition coefficient (Wildman–Crippen LogP) is 3.15. The van der Waals surface area contributed by atoms with Crippen molar-refractivity contribution < 1.29 is 4.74 Å². The van der Waals surface area contributed by atoms with E-state index in [-0.39, 0.29) is 6.10 Å². The van der Waals surface area contributed by atoms with Crippen LogP contribution in [0.4, 0.5) is 0 Å². The minimum Gasteiger partial charge on any atom is -0.367 e. The van der Waals surface area contributed by atoms with Crippen molar-refractivity contribution in [1.82, 2.24) is 5.32 Å². The molecule has 2 rings (SSSR count). The summed E-state index contributed by atoms with van der Waals surface area (Å²) >= 11 is 0. The van der Waals surface area contributed by atoms with Crippen molar-refractivity contribution in [2.75, 3.05) is 13.1 Å². The van der Waals surface area contributed by atoms with E-state index < -0.39 is 0 Å². The summed E-state index contributed by atoms with van der Waals surface area (Å²) in [7, 11) is 0. The zero-order chi connectivity index (χ0) is 12.1. The van der Waals surface area contributed by atoms with Crippen molar-refractivity contribution >= 4 is 0 Å². The zero-order valence-corrected chi connectivity index (χ0v) is 10.9. The van der Waals surface area contributed by atoms with E-state index in [0.717, 1.165) is 13.1 Å². The lowest BCUT2D eigenvalue weighted by Gasteiger charge is -2.35. The Bertz CT molecular complexity index is 321. The van der Waals surface area contributed by atoms with Crippen molar-refractivity contribution in [3.8, 4) is 0 Å². The van der Waals surface area contributed by atoms with Crippen LogP contribution in [-0.2, 0) is 4.74 Å². The minimum absolute atomic E-state index is 0.218. The van der Waals surface area contributed by atoms with Crippen molar-refractivity contribution in [3.05, 3.63) is 35.9 Å². The molecule has 0 saturated carbocycles. The maximum atomic E-state index is 6.25. The van der Waals surface area contributed by atoms with E-state index in [9.17, 15) is 0 Å². The Hall–Kier alpha value is -0.860. The molecule has 1 aromatic carbocycles. The molecule has 17 heavy (non-hydrogen) atoms. The smallest absolute Gasteiger partial charge is 0.0953 e. The van der Waals surface area contributed by atoms with Crippen LogP contribution in [-0.4, -0.2) is 19.2 Å². The summed E-state index contributed by atoms with van der Waals surface area (Å²) in [6, 6.07) is 10.5. The van der Waals surface area contributed by atoms with E-state index in [0.29, 0.717) is 12.0 Å². The molecule has 1 aromatic rings. The molecule has 2 nitrogen and oxygen atoms in total. The van der Waals surface area contributed by atoms with Gasteiger partial charge in [-0.2, -0.15) is 0 Å². The van der Waals surface area contributed by atoms with Gasteiger partial charge in [0.05, 0.1) is 12.2 Å². The Morgan fingerprint density at radius 3 is 2.53 bits per heavy atom. The molecule has 0 bridgehead atoms. The highest BCUT2D eigenvalue weighted by atomic mass is 16.5. The summed E-state index contributed by atoms with van der Waals surface area (Å²) in [6.07, 6.45) is 2.98. The average molecular weight is 233 g/mol. The molecule has 2 unspecified atom stereocenters. The highest BCUT2D eigenvalue weighted by Gasteiger charge is 2.27. The highest BCUT2D eigenvalue weighted by molar-refractivity contribution is 5.18. The van der Waals surface area contributed by atoms with Gasteiger partial charge in [-0.25, -0.2) is 0 Å². The zero-order valence-electron chi connectivity index (χ0n) is 10.9. The molecular formula is C15H23NO. The first kappa shape index (κ1) is 12.6. The van der Waals surface area contributed by atoms with Crippen LogP contribution in [0.1, 0.15) is 38.4 Å². The van der Waals surface area contributed by atoms with Crippen LogP contribution in [0.15, 0.2) is 30.3 Å². The molecule has 1 N–H and O–H groups in total. The van der Waals surface area contributed by atoms with E-state index in [4.69, 9.17) is 4.74 Å². The third-order valence-corrected chi connectivity index (χ3v) is 3.76. The first-order chi connectivity index (χ1) is 8.35. The van der Waals surface area contributed by atoms with Crippen LogP contribution in [0.25, 0.3) is 0 Å². The number of hydrogen-bond acceptors (Lipinski definition) is 2. The summed E-state index contributed by atoms with van der Waals surface area (Å²) in [5.74, 6) is 0.675. The van der Waals surface area contributed by atoms with Gasteiger partial charge in [0.15, 0.2) is 0 Å². The van der Waals surface area contributed by atoms with Gasteiger partial charge in [-0.05, 0) is 11.5 Å². The summed E-state index contributed by atoms with van der Waals surface area (Å²) in [5, 5.41) is 3.51. The lowest BCUT2D eigenvalue weighted by molar-refractivity contribution is -0.0688. The molecule has 0 spiro atoms. The Morgan fingerprint density at radius 2 is 1.88 bits per heavy atom. The molecule has 0 radical (unpaired) electrons. The molecule has 94 valence electrons. The maximum Gasteiger partial charge on any atom is 0.0953 e. The van der Waals surface area contributed by atoms with Crippen LogP contribution in [0.2, 0.25) is 0 Å². The van der Waals surface area contributed by atoms with Crippen LogP contribution >= 0.6 is 0 Å². The third-order valence-electron chi connectivity index (χ3n) is 3.76. The van der Waals surface area contributed by atoms with Crippen molar-refractivity contribution in [2.45, 2.75) is 38.9 Å². The van der Waals surface area contributed by atoms with Gasteiger partial charge in [-0.1, -0.05) is 57.0 Å². The molecule has 1 aliphatic heterocycles. The normalized spacial score (nSPS) is 25.1. The molecule has 2 heteroatoms. The Labute approximate surface area is 104 Å². The number of morpholine rings is 1. The fraction of sp³-hybridized carbons (Fsp3) is 0.600. The maximum absolute atomic E-state index is 6.25. The van der Waals surface area contributed by atoms with E-state index in [2.05, 4.69) is 49.5 Å². The average Bonchev–Trinajstić information content (AvgIpc) is 2.42. The standard InChI is InChI=1S/C15H23NO/c1-3-12(4-2)14-10-16-11-15(17-14)13-8-6-5-7-9-13/h5-9,12,14-16H,3-4,10-11H2,1-2H3. The van der Waals surface area contributed by atoms with Crippen molar-refractivity contribution in [3.63, 3.8) is 0 Å². The van der Waals surface area contributed by atoms with Gasteiger partial charge in [0.2, 0.25) is 0 Å². The number of benzene rings is 1. The fourth-order valence-corrected chi connectivity index (χ4v) is 2.62. The van der Waals surface area contributed by atoms with Crippen LogP contribution in [0.3, 0.4) is 0 Å². The van der Waals surface area contributed by atoms with Crippen LogP contribution < -0.4 is 5.32 Å². The molecule has 0 amide bonds. The molecule has 2 atom stereocenters. The van der Waals surface area contributed by atoms with Gasteiger partial charge < -0.3 is 10.1 Å². The second kappa shape index (κ2) is 6.18. The van der Waals surface area contributed by atoms with Crippen LogP contribution in [0, 0.1) is 5.92 Å². The largest absolute Gasteiger partial charge is 0.367 e. The lowest BCUT2D eigenvalue weighted by Crippen LogP contribution is -2.44. The Kier molecular flexibility index (Phi) is 4.57. The second-order valence-electron chi connectivity index (χ2n) is 4.81. The topological polar surface area (TPSA) is 21.3 Å². The predicted molar refractivity (Wildman–Crippen MR) is 71.0 cm³/mol. The Morgan fingerprint density at radius 1 is 1.18 bits per heavy atom. The van der Waals surface area contributed by atoms with E-state index in [1.54, 1.807) is 0 Å². The molecule has 0 aromatic heterocycles. The third kappa shape index (κ3) is 3.08. The second-order valence-corrected chi connectivity index (χ2v) is 4.81. The molecule has 1 aliphatic rings. The van der Waals surface area contributed by atoms with Crippen LogP contribution in [0.5, 0.6) is 0 Å². The molecule has 1 fully saturated rings. The first-order valence-corrected chi connectivity index (χ1v) is 6.76. The SMILES string of the molecule is CCC(CC)C1CNCC(c2ccccc2)O1. The van der Waals surface area contributed by atoms with Gasteiger partial charge in [0.25, 0.3) is 0 Å². The number of rotatable bonds is 4. The van der Waals surface area contributed by atoms with Gasteiger partial charge >= 0.3 is 0 Å². The fourth-order valence-electron chi connectivity index (χ4n) is 2.62. The van der Waals surface area contributed by atoms with E-state index in [1.807, 2.05) is 0 Å². The Balaban J connectivity index is 2.02. The van der Waals surface area contributed by atoms with E-state index in [1.165, 1.54) is 18.4 Å². The molecule has 0 aliphatic carbocycles. The molecule has 1 heterocycles. The summed E-state index contributed by atoms with van der Waals surface area (Å²) in [4.78, 5) is 0. The monoisotopic (exact) mass is 233 g/mol. The number of hydrogen-bond donors (Lipinski definition) is 1. The van der Waals surface area contributed by atoms with Crippen molar-refractivity contribution in [2.24, 2.45) is 5.92 Å². The van der Waals surface area contributed by atoms with Gasteiger partial charge in [-0.15, -0.1) is 0 Å². The summed E-state index contributed by atoms with van der Waals surface area (Å²) < 4.78 is 6.25. The summed E-state index contributed by atoms with van der Waals surface area (Å²) in [6.45, 7) is 6.43. The molecule has 1 saturated heterocycles. The van der Waals surface area contributed by atoms with Crippen molar-refractivity contribution in [1.29, 1.82) is 0 Å². The molecular weight excluding hydrogens is 210 g/mol. The quantitative estimate of drug-likeness (QED) is 0.862. The number of nitrogens with one attached hydrogen (secondary N) is 1. The van der Waals surface area contributed by atoms with E-state index >= 15 is 0 Å². The van der Waals surface area contributed by atoms with Gasteiger partial charge in [0.1, 0.15) is 0 Å². The highest BCUT2D eigenvalue weighted by Crippen LogP contribution is 2.26. The number of ether oxygens (including phenoxy) is 1. The first-order valence-electron chi connectivity index (χ1n) is 6.76. The van der Waals surface area contributed by atoms with Gasteiger partial charge in [0, 0.05) is 13.1 Å². The van der Waals surface area contributed by atoms with Gasteiger partial charge in [-0.3, -0.25) is 0 Å². The lowest BCUT2D eigenvalue weighted by atomic mass is 9.94. The minimum atomic E-state index is 0.218. The summed E-state index contributed by atoms with van der Waals surface area (Å²) in [5.41, 5.74) is 1.29.